The molecule has 13 atom stereocenters. The smallest absolute Gasteiger partial charge is 0.309 e. The zero-order valence-electron chi connectivity index (χ0n) is 22.0. The highest BCUT2D eigenvalue weighted by Crippen LogP contribution is 2.66. The quantitative estimate of drug-likeness (QED) is 0.450. The van der Waals surface area contributed by atoms with Crippen molar-refractivity contribution < 1.29 is 30.0 Å². The van der Waals surface area contributed by atoms with Crippen molar-refractivity contribution in [2.75, 3.05) is 6.61 Å². The number of carbonyl (C=O) groups is 1. The summed E-state index contributed by atoms with van der Waals surface area (Å²) in [5.74, 6) is 0.948. The Morgan fingerprint density at radius 3 is 2.21 bits per heavy atom. The minimum atomic E-state index is -0.867. The maximum atomic E-state index is 13.0. The van der Waals surface area contributed by atoms with E-state index in [9.17, 15) is 25.2 Å². The summed E-state index contributed by atoms with van der Waals surface area (Å²) >= 11 is 0. The lowest BCUT2D eigenvalue weighted by molar-refractivity contribution is -0.162. The molecule has 0 aromatic rings. The molecule has 0 spiro atoms. The second kappa shape index (κ2) is 9.32. The van der Waals surface area contributed by atoms with Crippen LogP contribution in [-0.4, -0.2) is 57.4 Å². The van der Waals surface area contributed by atoms with Crippen molar-refractivity contribution in [3.05, 3.63) is 0 Å². The van der Waals surface area contributed by atoms with Crippen LogP contribution in [0.4, 0.5) is 0 Å². The molecular weight excluding hydrogens is 432 g/mol. The van der Waals surface area contributed by atoms with Crippen LogP contribution in [-0.2, 0) is 9.53 Å². The fourth-order valence-corrected chi connectivity index (χ4v) is 8.95. The molecule has 34 heavy (non-hydrogen) atoms. The van der Waals surface area contributed by atoms with Gasteiger partial charge in [0, 0.05) is 0 Å². The lowest BCUT2D eigenvalue weighted by Gasteiger charge is -2.56. The van der Waals surface area contributed by atoms with Gasteiger partial charge in [-0.05, 0) is 90.8 Å². The summed E-state index contributed by atoms with van der Waals surface area (Å²) in [4.78, 5) is 13.0. The highest BCUT2D eigenvalue weighted by atomic mass is 16.5. The third-order valence-electron chi connectivity index (χ3n) is 11.5. The molecule has 3 aliphatic carbocycles. The van der Waals surface area contributed by atoms with E-state index in [1.807, 2.05) is 6.92 Å². The van der Waals surface area contributed by atoms with Gasteiger partial charge in [-0.15, -0.1) is 0 Å². The maximum absolute atomic E-state index is 13.0. The zero-order valence-corrected chi connectivity index (χ0v) is 22.0. The first-order chi connectivity index (χ1) is 15.8. The zero-order chi connectivity index (χ0) is 25.2. The molecule has 0 radical (unpaired) electrons. The Morgan fingerprint density at radius 2 is 1.56 bits per heavy atom. The summed E-state index contributed by atoms with van der Waals surface area (Å²) in [6.07, 6.45) is 1.61. The molecule has 1 heterocycles. The molecular formula is C28H48O6. The van der Waals surface area contributed by atoms with Gasteiger partial charge in [0.1, 0.15) is 0 Å². The van der Waals surface area contributed by atoms with Crippen LogP contribution in [0.5, 0.6) is 0 Å². The molecule has 0 aromatic heterocycles. The molecule has 0 amide bonds. The number of hydrogen-bond acceptors (Lipinski definition) is 6. The molecule has 1 saturated heterocycles. The maximum Gasteiger partial charge on any atom is 0.309 e. The van der Waals surface area contributed by atoms with E-state index in [0.29, 0.717) is 30.8 Å². The first kappa shape index (κ1) is 26.4. The first-order valence-electron chi connectivity index (χ1n) is 13.7. The highest BCUT2D eigenvalue weighted by molar-refractivity contribution is 5.74. The van der Waals surface area contributed by atoms with Crippen molar-refractivity contribution >= 4 is 5.97 Å². The van der Waals surface area contributed by atoms with E-state index in [-0.39, 0.29) is 52.8 Å². The van der Waals surface area contributed by atoms with Gasteiger partial charge >= 0.3 is 5.97 Å². The van der Waals surface area contributed by atoms with Crippen molar-refractivity contribution in [3.8, 4) is 0 Å². The summed E-state index contributed by atoms with van der Waals surface area (Å²) in [5.41, 5.74) is -0.345. The van der Waals surface area contributed by atoms with Gasteiger partial charge in [-0.25, -0.2) is 0 Å². The molecule has 4 aliphatic rings. The minimum absolute atomic E-state index is 0.00827. The fraction of sp³-hybridized carbons (Fsp3) is 0.964. The standard InChI is InChI=1S/C28H48O6/c1-14(2)15(3)24(31)25(32)16(4)18-7-8-19-17-13-34-26(33)21-11-22(29)23(30)12-28(21,6)20(17)9-10-27(18,19)5/h14-25,29-32H,7-13H2,1-6H3/t15-,16+,17+,18+,19-,20+,21+,22+,23-,24-,25-,27-,28-/m1/s1. The average molecular weight is 481 g/mol. The predicted molar refractivity (Wildman–Crippen MR) is 130 cm³/mol. The monoisotopic (exact) mass is 480 g/mol. The minimum Gasteiger partial charge on any atom is -0.465 e. The van der Waals surface area contributed by atoms with Gasteiger partial charge in [0.05, 0.1) is 36.9 Å². The number of hydrogen-bond donors (Lipinski definition) is 4. The van der Waals surface area contributed by atoms with Gasteiger partial charge < -0.3 is 25.2 Å². The second-order valence-electron chi connectivity index (χ2n) is 13.3. The number of cyclic esters (lactones) is 1. The van der Waals surface area contributed by atoms with Gasteiger partial charge in [-0.2, -0.15) is 0 Å². The topological polar surface area (TPSA) is 107 Å². The van der Waals surface area contributed by atoms with E-state index in [1.54, 1.807) is 0 Å². The Hall–Kier alpha value is -0.690. The van der Waals surface area contributed by atoms with Crippen molar-refractivity contribution in [1.29, 1.82) is 0 Å². The van der Waals surface area contributed by atoms with Gasteiger partial charge in [-0.1, -0.05) is 41.5 Å². The number of aliphatic hydroxyl groups excluding tert-OH is 4. The van der Waals surface area contributed by atoms with Gasteiger partial charge in [0.15, 0.2) is 0 Å². The summed E-state index contributed by atoms with van der Waals surface area (Å²) in [7, 11) is 0. The lowest BCUT2D eigenvalue weighted by Crippen LogP contribution is -2.55. The van der Waals surface area contributed by atoms with Gasteiger partial charge in [0.25, 0.3) is 0 Å². The summed E-state index contributed by atoms with van der Waals surface area (Å²) < 4.78 is 5.86. The molecule has 6 nitrogen and oxygen atoms in total. The number of rotatable bonds is 5. The largest absolute Gasteiger partial charge is 0.465 e. The van der Waals surface area contributed by atoms with E-state index in [0.717, 1.165) is 25.7 Å². The van der Waals surface area contributed by atoms with Crippen molar-refractivity contribution in [3.63, 3.8) is 0 Å². The van der Waals surface area contributed by atoms with Crippen molar-refractivity contribution in [2.45, 2.75) is 104 Å². The van der Waals surface area contributed by atoms with E-state index >= 15 is 0 Å². The fourth-order valence-electron chi connectivity index (χ4n) is 8.95. The third-order valence-corrected chi connectivity index (χ3v) is 11.5. The Morgan fingerprint density at radius 1 is 0.912 bits per heavy atom. The number of carbonyl (C=O) groups excluding carboxylic acids is 1. The molecule has 3 saturated carbocycles. The van der Waals surface area contributed by atoms with E-state index in [4.69, 9.17) is 4.74 Å². The Balaban J connectivity index is 1.58. The first-order valence-corrected chi connectivity index (χ1v) is 13.7. The molecule has 6 heteroatoms. The van der Waals surface area contributed by atoms with E-state index in [2.05, 4.69) is 34.6 Å². The molecule has 0 bridgehead atoms. The molecule has 196 valence electrons. The number of esters is 1. The number of ether oxygens (including phenoxy) is 1. The lowest BCUT2D eigenvalue weighted by atomic mass is 9.48. The Kier molecular flexibility index (Phi) is 7.23. The van der Waals surface area contributed by atoms with Crippen LogP contribution in [0.25, 0.3) is 0 Å². The SMILES string of the molecule is CC(C)[C@@H](C)[C@@H](O)[C@H](O)[C@@H](C)[C@@H]1CC[C@@H]2[C@@H]3COC(=O)[C@@H]4C[C@H](O)[C@H](O)C[C@]4(C)[C@H]3CC[C@@]21C. The van der Waals surface area contributed by atoms with Crippen LogP contribution in [0.2, 0.25) is 0 Å². The summed E-state index contributed by atoms with van der Waals surface area (Å²) in [5, 5.41) is 42.9. The Labute approximate surface area is 205 Å². The molecule has 4 fully saturated rings. The normalized spacial score (nSPS) is 48.1. The van der Waals surface area contributed by atoms with Crippen LogP contribution < -0.4 is 0 Å². The number of fused-ring (bicyclic) bond motifs is 5. The second-order valence-corrected chi connectivity index (χ2v) is 13.3. The summed E-state index contributed by atoms with van der Waals surface area (Å²) in [6, 6.07) is 0. The van der Waals surface area contributed by atoms with Gasteiger partial charge in [0.2, 0.25) is 0 Å². The summed E-state index contributed by atoms with van der Waals surface area (Å²) in [6.45, 7) is 13.2. The highest BCUT2D eigenvalue weighted by Gasteiger charge is 2.63. The third kappa shape index (κ3) is 4.05. The molecule has 4 N–H and O–H groups in total. The molecule has 0 unspecified atom stereocenters. The Bertz CT molecular complexity index is 755. The van der Waals surface area contributed by atoms with Crippen LogP contribution in [0.15, 0.2) is 0 Å². The van der Waals surface area contributed by atoms with Crippen LogP contribution in [0.3, 0.4) is 0 Å². The van der Waals surface area contributed by atoms with Crippen LogP contribution in [0.1, 0.15) is 80.1 Å². The van der Waals surface area contributed by atoms with Crippen LogP contribution in [0, 0.1) is 58.2 Å². The van der Waals surface area contributed by atoms with E-state index in [1.165, 1.54) is 0 Å². The van der Waals surface area contributed by atoms with Crippen molar-refractivity contribution in [2.24, 2.45) is 58.2 Å². The molecule has 1 aliphatic heterocycles. The van der Waals surface area contributed by atoms with Crippen molar-refractivity contribution in [1.82, 2.24) is 0 Å². The predicted octanol–water partition coefficient (Wildman–Crippen LogP) is 3.39. The number of aliphatic hydroxyl groups is 4. The van der Waals surface area contributed by atoms with E-state index < -0.39 is 24.4 Å². The van der Waals surface area contributed by atoms with Gasteiger partial charge in [-0.3, -0.25) is 4.79 Å². The average Bonchev–Trinajstić information content (AvgIpc) is 3.09. The molecule has 4 rings (SSSR count). The van der Waals surface area contributed by atoms with Crippen LogP contribution >= 0.6 is 0 Å². The molecule has 0 aromatic carbocycles.